The van der Waals surface area contributed by atoms with Crippen LogP contribution in [-0.4, -0.2) is 23.0 Å². The molecule has 1 N–H and O–H groups in total. The Hall–Kier alpha value is -0.580. The van der Waals surface area contributed by atoms with Crippen LogP contribution in [0, 0.1) is 0 Å². The van der Waals surface area contributed by atoms with Crippen LogP contribution in [0.2, 0.25) is 0 Å². The average Bonchev–Trinajstić information content (AvgIpc) is 2.72. The summed E-state index contributed by atoms with van der Waals surface area (Å²) in [4.78, 5) is 4.68. The van der Waals surface area contributed by atoms with E-state index in [0.29, 0.717) is 12.1 Å². The summed E-state index contributed by atoms with van der Waals surface area (Å²) in [6.45, 7) is 4.41. The molecule has 0 aliphatic rings. The van der Waals surface area contributed by atoms with Gasteiger partial charge in [0.25, 0.3) is 0 Å². The number of thioether (sulfide) groups is 1. The maximum atomic E-state index is 4.68. The van der Waals surface area contributed by atoms with Gasteiger partial charge < -0.3 is 5.32 Å². The molecule has 0 aliphatic carbocycles. The number of nitrogens with one attached hydrogen (secondary N) is 1. The number of para-hydroxylation sites is 1. The van der Waals surface area contributed by atoms with Crippen molar-refractivity contribution < 1.29 is 0 Å². The van der Waals surface area contributed by atoms with Crippen LogP contribution in [0.1, 0.15) is 24.9 Å². The molecule has 1 aromatic carbocycles. The normalized spacial score (nSPS) is 15.0. The molecule has 92 valence electrons. The summed E-state index contributed by atoms with van der Waals surface area (Å²) in [6, 6.07) is 9.17. The van der Waals surface area contributed by atoms with Gasteiger partial charge in [0.1, 0.15) is 5.01 Å². The Morgan fingerprint density at radius 2 is 2.12 bits per heavy atom. The van der Waals surface area contributed by atoms with Gasteiger partial charge >= 0.3 is 0 Å². The van der Waals surface area contributed by atoms with E-state index in [0.717, 1.165) is 11.3 Å². The Kier molecular flexibility index (Phi) is 4.42. The van der Waals surface area contributed by atoms with Crippen molar-refractivity contribution in [2.45, 2.75) is 25.9 Å². The minimum atomic E-state index is 0.328. The minimum Gasteiger partial charge on any atom is -0.305 e. The highest BCUT2D eigenvalue weighted by Gasteiger charge is 2.13. The molecule has 0 saturated carbocycles. The van der Waals surface area contributed by atoms with E-state index in [-0.39, 0.29) is 0 Å². The van der Waals surface area contributed by atoms with E-state index in [1.807, 2.05) is 17.8 Å². The number of benzene rings is 1. The van der Waals surface area contributed by atoms with E-state index in [1.54, 1.807) is 11.3 Å². The van der Waals surface area contributed by atoms with Crippen LogP contribution in [0.4, 0.5) is 0 Å². The standard InChI is InChI=1S/C13H18N2S2/c1-9(8-16-3)14-10(2)13-15-11-6-4-5-7-12(11)17-13/h4-7,9-10,14H,8H2,1-3H3. The number of thiazole rings is 1. The molecular formula is C13H18N2S2. The summed E-state index contributed by atoms with van der Waals surface area (Å²) in [7, 11) is 0. The highest BCUT2D eigenvalue weighted by molar-refractivity contribution is 7.98. The Morgan fingerprint density at radius 1 is 1.35 bits per heavy atom. The fraction of sp³-hybridized carbons (Fsp3) is 0.462. The number of rotatable bonds is 5. The van der Waals surface area contributed by atoms with Gasteiger partial charge in [0.05, 0.1) is 16.3 Å². The first-order valence-electron chi connectivity index (χ1n) is 5.81. The number of hydrogen-bond donors (Lipinski definition) is 1. The molecule has 0 radical (unpaired) electrons. The lowest BCUT2D eigenvalue weighted by Gasteiger charge is -2.17. The Bertz CT molecular complexity index is 448. The second-order valence-corrected chi connectivity index (χ2v) is 6.24. The van der Waals surface area contributed by atoms with Crippen molar-refractivity contribution in [2.24, 2.45) is 0 Å². The molecule has 0 amide bonds. The van der Waals surface area contributed by atoms with Crippen LogP contribution in [-0.2, 0) is 0 Å². The van der Waals surface area contributed by atoms with Crippen LogP contribution in [0.25, 0.3) is 10.2 Å². The highest BCUT2D eigenvalue weighted by atomic mass is 32.2. The second-order valence-electron chi connectivity index (χ2n) is 4.26. The van der Waals surface area contributed by atoms with Crippen molar-refractivity contribution in [1.29, 1.82) is 0 Å². The smallest absolute Gasteiger partial charge is 0.111 e. The highest BCUT2D eigenvalue weighted by Crippen LogP contribution is 2.26. The molecule has 2 aromatic rings. The molecule has 0 fully saturated rings. The van der Waals surface area contributed by atoms with Crippen LogP contribution in [0.3, 0.4) is 0 Å². The number of nitrogens with zero attached hydrogens (tertiary/aromatic N) is 1. The van der Waals surface area contributed by atoms with Gasteiger partial charge in [0.15, 0.2) is 0 Å². The number of fused-ring (bicyclic) bond motifs is 1. The Balaban J connectivity index is 2.10. The molecule has 2 unspecified atom stereocenters. The lowest BCUT2D eigenvalue weighted by Crippen LogP contribution is -2.30. The SMILES string of the molecule is CSCC(C)NC(C)c1nc2ccccc2s1. The molecular weight excluding hydrogens is 248 g/mol. The van der Waals surface area contributed by atoms with Crippen LogP contribution < -0.4 is 5.32 Å². The first-order chi connectivity index (χ1) is 8.20. The van der Waals surface area contributed by atoms with Crippen LogP contribution in [0.5, 0.6) is 0 Å². The van der Waals surface area contributed by atoms with Gasteiger partial charge in [-0.2, -0.15) is 11.8 Å². The summed E-state index contributed by atoms with van der Waals surface area (Å²) in [5, 5.41) is 4.76. The summed E-state index contributed by atoms with van der Waals surface area (Å²) >= 11 is 3.66. The predicted molar refractivity (Wildman–Crippen MR) is 79.0 cm³/mol. The minimum absolute atomic E-state index is 0.328. The maximum Gasteiger partial charge on any atom is 0.111 e. The zero-order chi connectivity index (χ0) is 12.3. The Labute approximate surface area is 111 Å². The summed E-state index contributed by atoms with van der Waals surface area (Å²) in [5.41, 5.74) is 1.11. The van der Waals surface area contributed by atoms with Gasteiger partial charge in [-0.05, 0) is 32.2 Å². The average molecular weight is 266 g/mol. The molecule has 17 heavy (non-hydrogen) atoms. The van der Waals surface area contributed by atoms with Crippen molar-refractivity contribution in [3.8, 4) is 0 Å². The van der Waals surface area contributed by atoms with Crippen LogP contribution in [0.15, 0.2) is 24.3 Å². The van der Waals surface area contributed by atoms with Crippen molar-refractivity contribution in [1.82, 2.24) is 10.3 Å². The second kappa shape index (κ2) is 5.85. The van der Waals surface area contributed by atoms with Gasteiger partial charge in [0.2, 0.25) is 0 Å². The van der Waals surface area contributed by atoms with Gasteiger partial charge in [-0.25, -0.2) is 4.98 Å². The molecule has 2 nitrogen and oxygen atoms in total. The predicted octanol–water partition coefficient (Wildman–Crippen LogP) is 3.70. The topological polar surface area (TPSA) is 24.9 Å². The fourth-order valence-electron chi connectivity index (χ4n) is 1.87. The van der Waals surface area contributed by atoms with E-state index in [9.17, 15) is 0 Å². The van der Waals surface area contributed by atoms with E-state index >= 15 is 0 Å². The molecule has 2 atom stereocenters. The third-order valence-corrected chi connectivity index (χ3v) is 4.68. The van der Waals surface area contributed by atoms with E-state index < -0.39 is 0 Å². The van der Waals surface area contributed by atoms with Gasteiger partial charge in [-0.15, -0.1) is 11.3 Å². The van der Waals surface area contributed by atoms with Crippen molar-refractivity contribution in [3.63, 3.8) is 0 Å². The molecule has 4 heteroatoms. The molecule has 0 spiro atoms. The fourth-order valence-corrected chi connectivity index (χ4v) is 3.45. The molecule has 0 bridgehead atoms. The van der Waals surface area contributed by atoms with Crippen molar-refractivity contribution in [3.05, 3.63) is 29.3 Å². The molecule has 0 aliphatic heterocycles. The monoisotopic (exact) mass is 266 g/mol. The molecule has 1 aromatic heterocycles. The summed E-state index contributed by atoms with van der Waals surface area (Å²) < 4.78 is 1.27. The van der Waals surface area contributed by atoms with E-state index in [4.69, 9.17) is 0 Å². The number of hydrogen-bond acceptors (Lipinski definition) is 4. The Morgan fingerprint density at radius 3 is 2.82 bits per heavy atom. The third-order valence-electron chi connectivity index (χ3n) is 2.63. The summed E-state index contributed by atoms with van der Waals surface area (Å²) in [5.74, 6) is 1.13. The van der Waals surface area contributed by atoms with Crippen molar-refractivity contribution in [2.75, 3.05) is 12.0 Å². The van der Waals surface area contributed by atoms with Crippen molar-refractivity contribution >= 4 is 33.3 Å². The molecule has 0 saturated heterocycles. The first-order valence-corrected chi connectivity index (χ1v) is 8.02. The number of aromatic nitrogens is 1. The third kappa shape index (κ3) is 3.21. The van der Waals surface area contributed by atoms with E-state index in [1.165, 1.54) is 9.71 Å². The van der Waals surface area contributed by atoms with Gasteiger partial charge in [-0.1, -0.05) is 12.1 Å². The zero-order valence-corrected chi connectivity index (χ0v) is 12.1. The molecule has 2 rings (SSSR count). The summed E-state index contributed by atoms with van der Waals surface area (Å²) in [6.07, 6.45) is 2.14. The van der Waals surface area contributed by atoms with Crippen LogP contribution >= 0.6 is 23.1 Å². The quantitative estimate of drug-likeness (QED) is 0.893. The first kappa shape index (κ1) is 12.9. The van der Waals surface area contributed by atoms with Gasteiger partial charge in [-0.3, -0.25) is 0 Å². The lowest BCUT2D eigenvalue weighted by atomic mass is 10.3. The van der Waals surface area contributed by atoms with Gasteiger partial charge in [0, 0.05) is 11.8 Å². The molecule has 1 heterocycles. The lowest BCUT2D eigenvalue weighted by molar-refractivity contribution is 0.510. The maximum absolute atomic E-state index is 4.68. The van der Waals surface area contributed by atoms with E-state index in [2.05, 4.69) is 48.6 Å². The largest absolute Gasteiger partial charge is 0.305 e. The zero-order valence-electron chi connectivity index (χ0n) is 10.4.